The predicted molar refractivity (Wildman–Crippen MR) is 105 cm³/mol. The quantitative estimate of drug-likeness (QED) is 0.758. The van der Waals surface area contributed by atoms with Gasteiger partial charge in [-0.25, -0.2) is 0 Å². The third-order valence-electron chi connectivity index (χ3n) is 3.72. The number of benzene rings is 2. The van der Waals surface area contributed by atoms with E-state index in [0.717, 1.165) is 0 Å². The van der Waals surface area contributed by atoms with Gasteiger partial charge < -0.3 is 15.4 Å². The molecule has 0 atom stereocenters. The highest BCUT2D eigenvalue weighted by Crippen LogP contribution is 2.20. The maximum absolute atomic E-state index is 12.1. The Morgan fingerprint density at radius 1 is 0.926 bits per heavy atom. The van der Waals surface area contributed by atoms with Crippen molar-refractivity contribution in [3.8, 4) is 5.75 Å². The molecule has 2 amide bonds. The normalized spacial score (nSPS) is 10.8. The van der Waals surface area contributed by atoms with Crippen LogP contribution in [-0.2, 0) is 9.59 Å². The van der Waals surface area contributed by atoms with Gasteiger partial charge in [-0.2, -0.15) is 0 Å². The van der Waals surface area contributed by atoms with E-state index in [9.17, 15) is 14.4 Å². The molecule has 6 nitrogen and oxygen atoms in total. The van der Waals surface area contributed by atoms with Crippen molar-refractivity contribution in [3.05, 3.63) is 54.1 Å². The van der Waals surface area contributed by atoms with Crippen LogP contribution in [0.1, 0.15) is 38.1 Å². The first-order valence-corrected chi connectivity index (χ1v) is 8.60. The average molecular weight is 368 g/mol. The summed E-state index contributed by atoms with van der Waals surface area (Å²) in [7, 11) is 0. The molecule has 0 spiro atoms. The Morgan fingerprint density at radius 3 is 2.07 bits per heavy atom. The number of hydrogen-bond acceptors (Lipinski definition) is 4. The Morgan fingerprint density at radius 2 is 1.52 bits per heavy atom. The molecular formula is C21H24N2O4. The largest absolute Gasteiger partial charge is 0.484 e. The van der Waals surface area contributed by atoms with Crippen molar-refractivity contribution < 1.29 is 19.1 Å². The van der Waals surface area contributed by atoms with Gasteiger partial charge in [0.15, 0.2) is 12.4 Å². The second-order valence-electron chi connectivity index (χ2n) is 7.20. The van der Waals surface area contributed by atoms with Crippen molar-refractivity contribution in [2.75, 3.05) is 17.2 Å². The van der Waals surface area contributed by atoms with E-state index in [1.807, 2.05) is 20.8 Å². The minimum atomic E-state index is -0.509. The minimum Gasteiger partial charge on any atom is -0.484 e. The lowest BCUT2D eigenvalue weighted by Gasteiger charge is -2.18. The van der Waals surface area contributed by atoms with E-state index in [0.29, 0.717) is 22.7 Å². The monoisotopic (exact) mass is 368 g/mol. The van der Waals surface area contributed by atoms with Gasteiger partial charge in [0, 0.05) is 22.4 Å². The molecule has 0 fully saturated rings. The van der Waals surface area contributed by atoms with Crippen LogP contribution in [0.25, 0.3) is 0 Å². The molecule has 0 aliphatic heterocycles. The molecule has 6 heteroatoms. The second kappa shape index (κ2) is 8.49. The predicted octanol–water partition coefficient (Wildman–Crippen LogP) is 3.89. The molecule has 0 heterocycles. The van der Waals surface area contributed by atoms with Gasteiger partial charge in [0.05, 0.1) is 0 Å². The van der Waals surface area contributed by atoms with Crippen LogP contribution in [0.5, 0.6) is 5.75 Å². The van der Waals surface area contributed by atoms with E-state index in [1.165, 1.54) is 6.92 Å². The van der Waals surface area contributed by atoms with Crippen molar-refractivity contribution in [2.24, 2.45) is 5.41 Å². The molecule has 0 saturated carbocycles. The Hall–Kier alpha value is -3.15. The molecule has 0 aromatic heterocycles. The van der Waals surface area contributed by atoms with Crippen molar-refractivity contribution in [3.63, 3.8) is 0 Å². The third-order valence-corrected chi connectivity index (χ3v) is 3.72. The molecular weight excluding hydrogens is 344 g/mol. The lowest BCUT2D eigenvalue weighted by molar-refractivity contribution is -0.123. The molecule has 0 unspecified atom stereocenters. The Labute approximate surface area is 158 Å². The summed E-state index contributed by atoms with van der Waals surface area (Å²) >= 11 is 0. The highest BCUT2D eigenvalue weighted by molar-refractivity contribution is 5.96. The van der Waals surface area contributed by atoms with Crippen LogP contribution in [0.15, 0.2) is 48.5 Å². The zero-order chi connectivity index (χ0) is 20.0. The van der Waals surface area contributed by atoms with Gasteiger partial charge >= 0.3 is 0 Å². The van der Waals surface area contributed by atoms with Gasteiger partial charge in [-0.1, -0.05) is 26.8 Å². The number of hydrogen-bond donors (Lipinski definition) is 2. The fraction of sp³-hybridized carbons (Fsp3) is 0.286. The molecule has 0 radical (unpaired) electrons. The van der Waals surface area contributed by atoms with Crippen LogP contribution >= 0.6 is 0 Å². The Bertz CT molecular complexity index is 836. The van der Waals surface area contributed by atoms with Crippen LogP contribution in [0.4, 0.5) is 11.4 Å². The molecule has 2 N–H and O–H groups in total. The lowest BCUT2D eigenvalue weighted by Crippen LogP contribution is -2.27. The van der Waals surface area contributed by atoms with Crippen LogP contribution in [0.3, 0.4) is 0 Å². The van der Waals surface area contributed by atoms with Crippen LogP contribution in [-0.4, -0.2) is 24.2 Å². The van der Waals surface area contributed by atoms with Gasteiger partial charge in [0.2, 0.25) is 5.91 Å². The van der Waals surface area contributed by atoms with Crippen molar-refractivity contribution >= 4 is 29.0 Å². The maximum atomic E-state index is 12.1. The number of amides is 2. The molecule has 0 bridgehead atoms. The molecule has 142 valence electrons. The van der Waals surface area contributed by atoms with E-state index < -0.39 is 5.41 Å². The van der Waals surface area contributed by atoms with Gasteiger partial charge in [0.25, 0.3) is 5.91 Å². The van der Waals surface area contributed by atoms with Crippen molar-refractivity contribution in [2.45, 2.75) is 27.7 Å². The first kappa shape index (κ1) is 20.2. The first-order valence-electron chi connectivity index (χ1n) is 8.60. The molecule has 0 aliphatic rings. The number of carbonyl (C=O) groups excluding carboxylic acids is 3. The van der Waals surface area contributed by atoms with E-state index >= 15 is 0 Å². The zero-order valence-electron chi connectivity index (χ0n) is 16.0. The summed E-state index contributed by atoms with van der Waals surface area (Å²) in [6.07, 6.45) is 0. The molecule has 2 rings (SSSR count). The van der Waals surface area contributed by atoms with Crippen LogP contribution in [0.2, 0.25) is 0 Å². The van der Waals surface area contributed by atoms with Crippen LogP contribution in [0, 0.1) is 5.41 Å². The summed E-state index contributed by atoms with van der Waals surface area (Å²) in [5.41, 5.74) is 1.24. The summed E-state index contributed by atoms with van der Waals surface area (Å²) in [5.74, 6) is 0.0346. The molecule has 0 saturated heterocycles. The summed E-state index contributed by atoms with van der Waals surface area (Å²) in [6, 6.07) is 13.5. The summed E-state index contributed by atoms with van der Waals surface area (Å²) in [6.45, 7) is 6.80. The number of carbonyl (C=O) groups is 3. The highest BCUT2D eigenvalue weighted by Gasteiger charge is 2.21. The number of Topliss-reactive ketones (excluding diaryl/α,β-unsaturated/α-hetero) is 1. The van der Waals surface area contributed by atoms with E-state index in [1.54, 1.807) is 48.5 Å². The average Bonchev–Trinajstić information content (AvgIpc) is 2.60. The van der Waals surface area contributed by atoms with E-state index in [4.69, 9.17) is 4.74 Å². The number of anilines is 2. The smallest absolute Gasteiger partial charge is 0.262 e. The number of nitrogens with one attached hydrogen (secondary N) is 2. The van der Waals surface area contributed by atoms with Crippen molar-refractivity contribution in [1.29, 1.82) is 0 Å². The summed E-state index contributed by atoms with van der Waals surface area (Å²) < 4.78 is 5.42. The highest BCUT2D eigenvalue weighted by atomic mass is 16.5. The topological polar surface area (TPSA) is 84.5 Å². The zero-order valence-corrected chi connectivity index (χ0v) is 16.0. The van der Waals surface area contributed by atoms with E-state index in [2.05, 4.69) is 10.6 Å². The van der Waals surface area contributed by atoms with Gasteiger partial charge in [-0.15, -0.1) is 0 Å². The first-order chi connectivity index (χ1) is 12.6. The van der Waals surface area contributed by atoms with Crippen LogP contribution < -0.4 is 15.4 Å². The molecule has 2 aromatic carbocycles. The standard InChI is InChI=1S/C21H24N2O4/c1-14(24)15-8-10-18(11-9-15)27-13-19(25)22-16-6-5-7-17(12-16)23-20(26)21(2,3)4/h5-12H,13H2,1-4H3,(H,22,25)(H,23,26). The Kier molecular flexibility index (Phi) is 6.34. The van der Waals surface area contributed by atoms with Gasteiger partial charge in [-0.3, -0.25) is 14.4 Å². The summed E-state index contributed by atoms with van der Waals surface area (Å²) in [4.78, 5) is 35.4. The SMILES string of the molecule is CC(=O)c1ccc(OCC(=O)Nc2cccc(NC(=O)C(C)(C)C)c2)cc1. The fourth-order valence-corrected chi connectivity index (χ4v) is 2.13. The second-order valence-corrected chi connectivity index (χ2v) is 7.20. The third kappa shape index (κ3) is 6.26. The molecule has 2 aromatic rings. The molecule has 27 heavy (non-hydrogen) atoms. The molecule has 0 aliphatic carbocycles. The number of ether oxygens (including phenoxy) is 1. The van der Waals surface area contributed by atoms with Gasteiger partial charge in [0.1, 0.15) is 5.75 Å². The number of ketones is 1. The number of rotatable bonds is 6. The maximum Gasteiger partial charge on any atom is 0.262 e. The Balaban J connectivity index is 1.91. The lowest BCUT2D eigenvalue weighted by atomic mass is 9.95. The van der Waals surface area contributed by atoms with Gasteiger partial charge in [-0.05, 0) is 49.4 Å². The van der Waals surface area contributed by atoms with E-state index in [-0.39, 0.29) is 24.2 Å². The van der Waals surface area contributed by atoms with Crippen molar-refractivity contribution in [1.82, 2.24) is 0 Å². The minimum absolute atomic E-state index is 0.0299. The fourth-order valence-electron chi connectivity index (χ4n) is 2.13. The summed E-state index contributed by atoms with van der Waals surface area (Å²) in [5, 5.41) is 5.54.